The molecule has 128 valence electrons. The normalized spacial score (nSPS) is 14.1. The second kappa shape index (κ2) is 6.48. The fourth-order valence-corrected chi connectivity index (χ4v) is 3.67. The van der Waals surface area contributed by atoms with E-state index in [-0.39, 0.29) is 5.97 Å². The number of aryl methyl sites for hydroxylation is 1. The quantitative estimate of drug-likeness (QED) is 0.749. The third-order valence-corrected chi connectivity index (χ3v) is 4.99. The van der Waals surface area contributed by atoms with Gasteiger partial charge in [0.05, 0.1) is 12.1 Å². The minimum Gasteiger partial charge on any atom is -0.489 e. The molecule has 0 aliphatic carbocycles. The van der Waals surface area contributed by atoms with Crippen molar-refractivity contribution < 1.29 is 14.3 Å². The van der Waals surface area contributed by atoms with Crippen molar-refractivity contribution in [1.29, 1.82) is 0 Å². The Labute approximate surface area is 147 Å². The Kier molecular flexibility index (Phi) is 4.54. The van der Waals surface area contributed by atoms with Crippen molar-refractivity contribution in [3.05, 3.63) is 40.8 Å². The maximum absolute atomic E-state index is 12.1. The highest BCUT2D eigenvalue weighted by molar-refractivity contribution is 7.16. The third kappa shape index (κ3) is 3.56. The van der Waals surface area contributed by atoms with Crippen LogP contribution in [0.15, 0.2) is 30.3 Å². The van der Waals surface area contributed by atoms with Crippen LogP contribution in [0.3, 0.4) is 0 Å². The average molecular weight is 345 g/mol. The number of benzene rings is 1. The van der Waals surface area contributed by atoms with Crippen LogP contribution >= 0.6 is 11.3 Å². The molecule has 0 amide bonds. The molecule has 1 aromatic heterocycles. The topological polar surface area (TPSA) is 38.8 Å². The van der Waals surface area contributed by atoms with Gasteiger partial charge in [0.15, 0.2) is 5.75 Å². The number of fused-ring (bicyclic) bond motifs is 1. The van der Waals surface area contributed by atoms with Gasteiger partial charge in [-0.1, -0.05) is 6.92 Å². The minimum absolute atomic E-state index is 0.291. The van der Waals surface area contributed by atoms with Crippen LogP contribution in [0.4, 0.5) is 10.7 Å². The van der Waals surface area contributed by atoms with Crippen LogP contribution in [0.2, 0.25) is 0 Å². The summed E-state index contributed by atoms with van der Waals surface area (Å²) in [5.41, 5.74) is 1.15. The van der Waals surface area contributed by atoms with E-state index in [9.17, 15) is 4.79 Å². The Morgan fingerprint density at radius 1 is 1.29 bits per heavy atom. The Morgan fingerprint density at radius 3 is 2.62 bits per heavy atom. The lowest BCUT2D eigenvalue weighted by Gasteiger charge is -2.28. The number of esters is 1. The molecule has 3 rings (SSSR count). The Hall–Kier alpha value is -2.01. The Bertz CT molecular complexity index is 728. The molecule has 4 nitrogen and oxygen atoms in total. The molecule has 0 radical (unpaired) electrons. The number of thiophene rings is 1. The number of anilines is 2. The molecule has 0 unspecified atom stereocenters. The summed E-state index contributed by atoms with van der Waals surface area (Å²) in [6.45, 7) is 9.24. The van der Waals surface area contributed by atoms with Crippen molar-refractivity contribution in [3.8, 4) is 5.75 Å². The first-order valence-electron chi connectivity index (χ1n) is 8.24. The van der Waals surface area contributed by atoms with Crippen LogP contribution < -0.4 is 9.64 Å². The van der Waals surface area contributed by atoms with Gasteiger partial charge in [0.25, 0.3) is 0 Å². The van der Waals surface area contributed by atoms with Gasteiger partial charge in [-0.3, -0.25) is 0 Å². The van der Waals surface area contributed by atoms with Crippen molar-refractivity contribution in [2.24, 2.45) is 0 Å². The molecule has 1 aliphatic rings. The number of hydrogen-bond acceptors (Lipinski definition) is 5. The molecule has 1 aromatic carbocycles. The Balaban J connectivity index is 1.82. The standard InChI is InChI=1S/C19H23NO3S/c1-5-15-12-16-17(24-15)20(10-11-22-16)14-8-6-13(7-9-14)18(21)23-19(2,3)4/h6-9,12H,5,10-11H2,1-4H3. The molecule has 2 heterocycles. The molecular formula is C19H23NO3S. The zero-order valence-corrected chi connectivity index (χ0v) is 15.4. The molecule has 0 fully saturated rings. The summed E-state index contributed by atoms with van der Waals surface area (Å²) < 4.78 is 11.2. The van der Waals surface area contributed by atoms with E-state index < -0.39 is 5.60 Å². The largest absolute Gasteiger partial charge is 0.489 e. The number of carbonyl (C=O) groups is 1. The predicted octanol–water partition coefficient (Wildman–Crippen LogP) is 4.80. The lowest BCUT2D eigenvalue weighted by Crippen LogP contribution is -2.27. The van der Waals surface area contributed by atoms with Crippen LogP contribution in [-0.4, -0.2) is 24.7 Å². The fourth-order valence-electron chi connectivity index (χ4n) is 2.59. The second-order valence-electron chi connectivity index (χ2n) is 6.78. The van der Waals surface area contributed by atoms with Crippen LogP contribution in [0, 0.1) is 0 Å². The molecule has 0 N–H and O–H groups in total. The van der Waals surface area contributed by atoms with Crippen LogP contribution in [-0.2, 0) is 11.2 Å². The zero-order valence-electron chi connectivity index (χ0n) is 14.6. The van der Waals surface area contributed by atoms with Gasteiger partial charge in [-0.25, -0.2) is 4.79 Å². The minimum atomic E-state index is -0.484. The van der Waals surface area contributed by atoms with Gasteiger partial charge in [0.1, 0.15) is 17.2 Å². The van der Waals surface area contributed by atoms with E-state index in [2.05, 4.69) is 17.9 Å². The van der Waals surface area contributed by atoms with Crippen molar-refractivity contribution in [1.82, 2.24) is 0 Å². The second-order valence-corrected chi connectivity index (χ2v) is 7.90. The Morgan fingerprint density at radius 2 is 2.00 bits per heavy atom. The summed E-state index contributed by atoms with van der Waals surface area (Å²) in [6.07, 6.45) is 1.01. The molecule has 0 saturated carbocycles. The summed E-state index contributed by atoms with van der Waals surface area (Å²) in [5, 5.41) is 1.14. The first-order valence-corrected chi connectivity index (χ1v) is 9.05. The third-order valence-electron chi connectivity index (χ3n) is 3.71. The maximum Gasteiger partial charge on any atom is 0.338 e. The summed E-state index contributed by atoms with van der Waals surface area (Å²) in [7, 11) is 0. The number of nitrogens with zero attached hydrogens (tertiary/aromatic N) is 1. The van der Waals surface area contributed by atoms with Crippen LogP contribution in [0.5, 0.6) is 5.75 Å². The lowest BCUT2D eigenvalue weighted by atomic mass is 10.1. The monoisotopic (exact) mass is 345 g/mol. The van der Waals surface area contributed by atoms with E-state index in [1.807, 2.05) is 45.0 Å². The van der Waals surface area contributed by atoms with Crippen LogP contribution in [0.25, 0.3) is 0 Å². The molecular weight excluding hydrogens is 322 g/mol. The highest BCUT2D eigenvalue weighted by Gasteiger charge is 2.23. The molecule has 1 aliphatic heterocycles. The predicted molar refractivity (Wildman–Crippen MR) is 97.8 cm³/mol. The molecule has 0 bridgehead atoms. The first kappa shape index (κ1) is 16.8. The fraction of sp³-hybridized carbons (Fsp3) is 0.421. The van der Waals surface area contributed by atoms with E-state index >= 15 is 0 Å². The van der Waals surface area contributed by atoms with Gasteiger partial charge in [0.2, 0.25) is 0 Å². The van der Waals surface area contributed by atoms with E-state index in [0.29, 0.717) is 12.2 Å². The molecule has 24 heavy (non-hydrogen) atoms. The first-order chi connectivity index (χ1) is 11.4. The number of rotatable bonds is 3. The van der Waals surface area contributed by atoms with Gasteiger partial charge in [-0.2, -0.15) is 0 Å². The van der Waals surface area contributed by atoms with Gasteiger partial charge >= 0.3 is 5.97 Å². The van der Waals surface area contributed by atoms with Gasteiger partial charge in [-0.05, 0) is 57.5 Å². The molecule has 2 aromatic rings. The summed E-state index contributed by atoms with van der Waals surface area (Å²) >= 11 is 1.77. The maximum atomic E-state index is 12.1. The number of ether oxygens (including phenoxy) is 2. The summed E-state index contributed by atoms with van der Waals surface area (Å²) in [5.74, 6) is 0.667. The van der Waals surface area contributed by atoms with E-state index in [0.717, 1.165) is 29.4 Å². The molecule has 0 saturated heterocycles. The average Bonchev–Trinajstić information content (AvgIpc) is 2.96. The van der Waals surface area contributed by atoms with E-state index in [1.54, 1.807) is 11.3 Å². The van der Waals surface area contributed by atoms with Crippen LogP contribution in [0.1, 0.15) is 42.9 Å². The molecule has 0 spiro atoms. The highest BCUT2D eigenvalue weighted by atomic mass is 32.1. The lowest BCUT2D eigenvalue weighted by molar-refractivity contribution is 0.00695. The van der Waals surface area contributed by atoms with Crippen molar-refractivity contribution >= 4 is 28.0 Å². The number of carbonyl (C=O) groups excluding carboxylic acids is 1. The van der Waals surface area contributed by atoms with Gasteiger partial charge in [-0.15, -0.1) is 11.3 Å². The van der Waals surface area contributed by atoms with Crippen molar-refractivity contribution in [2.45, 2.75) is 39.7 Å². The summed E-state index contributed by atoms with van der Waals surface area (Å²) in [6, 6.07) is 9.72. The molecule has 5 heteroatoms. The van der Waals surface area contributed by atoms with Crippen molar-refractivity contribution in [3.63, 3.8) is 0 Å². The zero-order chi connectivity index (χ0) is 17.3. The molecule has 0 atom stereocenters. The van der Waals surface area contributed by atoms with Crippen molar-refractivity contribution in [2.75, 3.05) is 18.1 Å². The van der Waals surface area contributed by atoms with Gasteiger partial charge in [0, 0.05) is 10.6 Å². The van der Waals surface area contributed by atoms with E-state index in [4.69, 9.17) is 9.47 Å². The highest BCUT2D eigenvalue weighted by Crippen LogP contribution is 2.43. The van der Waals surface area contributed by atoms with Gasteiger partial charge < -0.3 is 14.4 Å². The number of hydrogen-bond donors (Lipinski definition) is 0. The summed E-state index contributed by atoms with van der Waals surface area (Å²) in [4.78, 5) is 15.7. The SMILES string of the molecule is CCc1cc2c(s1)N(c1ccc(C(=O)OC(C)(C)C)cc1)CCO2. The smallest absolute Gasteiger partial charge is 0.338 e. The van der Waals surface area contributed by atoms with E-state index in [1.165, 1.54) is 4.88 Å².